The molecule has 8 heteroatoms. The number of nitrogens with one attached hydrogen (secondary N) is 2. The van der Waals surface area contributed by atoms with Gasteiger partial charge in [0.15, 0.2) is 0 Å². The lowest BCUT2D eigenvalue weighted by Crippen LogP contribution is -2.49. The summed E-state index contributed by atoms with van der Waals surface area (Å²) in [4.78, 5) is 14.5. The summed E-state index contributed by atoms with van der Waals surface area (Å²) in [5.74, 6) is -0.0743. The predicted molar refractivity (Wildman–Crippen MR) is 113 cm³/mol. The largest absolute Gasteiger partial charge is 0.337 e. The van der Waals surface area contributed by atoms with E-state index in [1.807, 2.05) is 19.9 Å². The molecule has 0 aliphatic carbocycles. The molecule has 28 heavy (non-hydrogen) atoms. The van der Waals surface area contributed by atoms with Crippen LogP contribution in [0.1, 0.15) is 45.2 Å². The van der Waals surface area contributed by atoms with E-state index >= 15 is 0 Å². The third kappa shape index (κ3) is 6.46. The molecule has 1 saturated heterocycles. The Morgan fingerprint density at radius 3 is 2.36 bits per heavy atom. The molecular formula is C20H34N4O3S. The van der Waals surface area contributed by atoms with E-state index < -0.39 is 10.0 Å². The summed E-state index contributed by atoms with van der Waals surface area (Å²) >= 11 is 0. The van der Waals surface area contributed by atoms with Crippen LogP contribution in [0.4, 0.5) is 4.79 Å². The Labute approximate surface area is 169 Å². The van der Waals surface area contributed by atoms with Gasteiger partial charge in [-0.3, -0.25) is 4.90 Å². The molecule has 1 aromatic rings. The van der Waals surface area contributed by atoms with Gasteiger partial charge < -0.3 is 10.6 Å². The van der Waals surface area contributed by atoms with Crippen molar-refractivity contribution in [2.45, 2.75) is 45.7 Å². The van der Waals surface area contributed by atoms with Gasteiger partial charge in [-0.1, -0.05) is 44.2 Å². The number of carbonyl (C=O) groups excluding carboxylic acids is 1. The minimum absolute atomic E-state index is 0.0743. The number of amides is 2. The maximum absolute atomic E-state index is 12.1. The Balaban J connectivity index is 1.70. The first-order chi connectivity index (χ1) is 13.4. The molecule has 2 rings (SSSR count). The van der Waals surface area contributed by atoms with Crippen LogP contribution in [0.2, 0.25) is 0 Å². The Hall–Kier alpha value is -1.64. The van der Waals surface area contributed by atoms with E-state index in [-0.39, 0.29) is 24.4 Å². The fourth-order valence-electron chi connectivity index (χ4n) is 3.65. The highest BCUT2D eigenvalue weighted by atomic mass is 32.2. The van der Waals surface area contributed by atoms with Gasteiger partial charge in [-0.15, -0.1) is 0 Å². The second-order valence-electron chi connectivity index (χ2n) is 7.20. The summed E-state index contributed by atoms with van der Waals surface area (Å²) in [6.07, 6.45) is 1.78. The summed E-state index contributed by atoms with van der Waals surface area (Å²) in [7, 11) is -3.31. The van der Waals surface area contributed by atoms with Crippen molar-refractivity contribution in [1.29, 1.82) is 0 Å². The van der Waals surface area contributed by atoms with Gasteiger partial charge >= 0.3 is 6.03 Å². The number of hydrogen-bond donors (Lipinski definition) is 2. The van der Waals surface area contributed by atoms with Crippen LogP contribution in [0.3, 0.4) is 0 Å². The van der Waals surface area contributed by atoms with Crippen LogP contribution in [0.15, 0.2) is 30.3 Å². The number of rotatable bonds is 9. The average Bonchev–Trinajstić information content (AvgIpc) is 2.69. The molecule has 0 radical (unpaired) electrons. The number of benzene rings is 1. The Morgan fingerprint density at radius 1 is 1.18 bits per heavy atom. The second kappa shape index (κ2) is 10.8. The smallest absolute Gasteiger partial charge is 0.315 e. The lowest BCUT2D eigenvalue weighted by molar-refractivity contribution is 0.153. The molecule has 1 aliphatic rings. The van der Waals surface area contributed by atoms with Crippen molar-refractivity contribution in [2.75, 3.05) is 38.5 Å². The first-order valence-corrected chi connectivity index (χ1v) is 11.8. The summed E-state index contributed by atoms with van der Waals surface area (Å²) in [5, 5.41) is 5.66. The minimum atomic E-state index is -3.31. The fraction of sp³-hybridized carbons (Fsp3) is 0.650. The standard InChI is InChI=1S/C20H34N4O3S/c1-4-24(5-2)28(26,27)16-13-21-20(25)22-19-11-14-23(15-12-19)17(3)18-9-7-6-8-10-18/h6-10,17,19H,4-5,11-16H2,1-3H3,(H2,21,22,25). The quantitative estimate of drug-likeness (QED) is 0.654. The zero-order valence-electron chi connectivity index (χ0n) is 17.2. The number of nitrogens with zero attached hydrogens (tertiary/aromatic N) is 2. The minimum Gasteiger partial charge on any atom is -0.337 e. The van der Waals surface area contributed by atoms with E-state index in [0.29, 0.717) is 19.1 Å². The summed E-state index contributed by atoms with van der Waals surface area (Å²) in [6.45, 7) is 8.71. The van der Waals surface area contributed by atoms with Crippen molar-refractivity contribution in [1.82, 2.24) is 19.8 Å². The van der Waals surface area contributed by atoms with Gasteiger partial charge in [-0.2, -0.15) is 0 Å². The highest BCUT2D eigenvalue weighted by Gasteiger charge is 2.24. The molecule has 1 aromatic carbocycles. The fourth-order valence-corrected chi connectivity index (χ4v) is 5.05. The molecule has 1 aliphatic heterocycles. The van der Waals surface area contributed by atoms with Crippen LogP contribution in [0.5, 0.6) is 0 Å². The normalized spacial score (nSPS) is 17.4. The molecular weight excluding hydrogens is 376 g/mol. The van der Waals surface area contributed by atoms with Crippen molar-refractivity contribution >= 4 is 16.1 Å². The number of hydrogen-bond acceptors (Lipinski definition) is 4. The predicted octanol–water partition coefficient (Wildman–Crippen LogP) is 2.18. The topological polar surface area (TPSA) is 81.8 Å². The first-order valence-electron chi connectivity index (χ1n) is 10.2. The van der Waals surface area contributed by atoms with Crippen LogP contribution in [-0.4, -0.2) is 68.2 Å². The summed E-state index contributed by atoms with van der Waals surface area (Å²) in [6, 6.07) is 10.6. The Kier molecular flexibility index (Phi) is 8.72. The maximum atomic E-state index is 12.1. The molecule has 1 atom stereocenters. The number of carbonyl (C=O) groups is 1. The Morgan fingerprint density at radius 2 is 1.79 bits per heavy atom. The zero-order chi connectivity index (χ0) is 20.6. The molecule has 2 amide bonds. The Bertz CT molecular complexity index is 699. The second-order valence-corrected chi connectivity index (χ2v) is 9.29. The van der Waals surface area contributed by atoms with E-state index in [1.54, 1.807) is 0 Å². The molecule has 1 heterocycles. The van der Waals surface area contributed by atoms with Crippen LogP contribution in [-0.2, 0) is 10.0 Å². The van der Waals surface area contributed by atoms with Gasteiger partial charge in [0, 0.05) is 44.8 Å². The summed E-state index contributed by atoms with van der Waals surface area (Å²) in [5.41, 5.74) is 1.31. The lowest BCUT2D eigenvalue weighted by Gasteiger charge is -2.36. The van der Waals surface area contributed by atoms with Crippen molar-refractivity contribution in [3.63, 3.8) is 0 Å². The average molecular weight is 411 g/mol. The van der Waals surface area contributed by atoms with Gasteiger partial charge in [0.05, 0.1) is 5.75 Å². The summed E-state index contributed by atoms with van der Waals surface area (Å²) < 4.78 is 25.7. The molecule has 7 nitrogen and oxygen atoms in total. The molecule has 1 unspecified atom stereocenters. The zero-order valence-corrected chi connectivity index (χ0v) is 18.0. The van der Waals surface area contributed by atoms with Crippen molar-refractivity contribution < 1.29 is 13.2 Å². The van der Waals surface area contributed by atoms with Gasteiger partial charge in [0.25, 0.3) is 0 Å². The van der Waals surface area contributed by atoms with Crippen LogP contribution >= 0.6 is 0 Å². The number of piperidine rings is 1. The van der Waals surface area contributed by atoms with Crippen molar-refractivity contribution in [3.8, 4) is 0 Å². The maximum Gasteiger partial charge on any atom is 0.315 e. The van der Waals surface area contributed by atoms with Crippen LogP contribution < -0.4 is 10.6 Å². The molecule has 2 N–H and O–H groups in total. The van der Waals surface area contributed by atoms with E-state index in [4.69, 9.17) is 0 Å². The number of sulfonamides is 1. The van der Waals surface area contributed by atoms with Crippen LogP contribution in [0, 0.1) is 0 Å². The highest BCUT2D eigenvalue weighted by molar-refractivity contribution is 7.89. The number of urea groups is 1. The molecule has 158 valence electrons. The first kappa shape index (κ1) is 22.6. The van der Waals surface area contributed by atoms with Crippen molar-refractivity contribution in [2.24, 2.45) is 0 Å². The van der Waals surface area contributed by atoms with E-state index in [0.717, 1.165) is 25.9 Å². The third-order valence-corrected chi connectivity index (χ3v) is 7.46. The SMILES string of the molecule is CCN(CC)S(=O)(=O)CCNC(=O)NC1CCN(C(C)c2ccccc2)CC1. The molecule has 0 aromatic heterocycles. The van der Waals surface area contributed by atoms with Crippen LogP contribution in [0.25, 0.3) is 0 Å². The van der Waals surface area contributed by atoms with Gasteiger partial charge in [0.2, 0.25) is 10.0 Å². The number of likely N-dealkylation sites (tertiary alicyclic amines) is 1. The van der Waals surface area contributed by atoms with E-state index in [9.17, 15) is 13.2 Å². The van der Waals surface area contributed by atoms with Gasteiger partial charge in [-0.25, -0.2) is 17.5 Å². The molecule has 0 bridgehead atoms. The molecule has 0 saturated carbocycles. The van der Waals surface area contributed by atoms with Gasteiger partial charge in [-0.05, 0) is 25.3 Å². The highest BCUT2D eigenvalue weighted by Crippen LogP contribution is 2.23. The van der Waals surface area contributed by atoms with E-state index in [2.05, 4.69) is 46.7 Å². The molecule has 1 fully saturated rings. The van der Waals surface area contributed by atoms with E-state index in [1.165, 1.54) is 9.87 Å². The monoisotopic (exact) mass is 410 g/mol. The van der Waals surface area contributed by atoms with Crippen molar-refractivity contribution in [3.05, 3.63) is 35.9 Å². The third-order valence-electron chi connectivity index (χ3n) is 5.44. The molecule has 0 spiro atoms. The lowest BCUT2D eigenvalue weighted by atomic mass is 10.0. The van der Waals surface area contributed by atoms with Gasteiger partial charge in [0.1, 0.15) is 0 Å².